The summed E-state index contributed by atoms with van der Waals surface area (Å²) in [5.41, 5.74) is 3.56. The van der Waals surface area contributed by atoms with E-state index in [2.05, 4.69) is 53.4 Å². The number of H-pyrrole nitrogens is 1. The molecule has 1 aromatic carbocycles. The Morgan fingerprint density at radius 2 is 2.00 bits per heavy atom. The topological polar surface area (TPSA) is 49.9 Å². The summed E-state index contributed by atoms with van der Waals surface area (Å²) in [6.07, 6.45) is 1.88. The summed E-state index contributed by atoms with van der Waals surface area (Å²) in [5.74, 6) is 1.48. The summed E-state index contributed by atoms with van der Waals surface area (Å²) < 4.78 is 5.00. The maximum atomic E-state index is 5.00. The van der Waals surface area contributed by atoms with Gasteiger partial charge in [-0.05, 0) is 11.5 Å². The molecule has 0 aliphatic carbocycles. The zero-order valence-electron chi connectivity index (χ0n) is 12.4. The summed E-state index contributed by atoms with van der Waals surface area (Å²) in [6, 6.07) is 8.57. The number of imidazole rings is 1. The van der Waals surface area contributed by atoms with Gasteiger partial charge < -0.3 is 15.0 Å². The van der Waals surface area contributed by atoms with Gasteiger partial charge in [0, 0.05) is 37.7 Å². The smallest absolute Gasteiger partial charge is 0.137 e. The molecule has 0 radical (unpaired) electrons. The Balaban J connectivity index is 1.97. The number of rotatable bonds is 7. The molecule has 20 heavy (non-hydrogen) atoms. The van der Waals surface area contributed by atoms with Crippen LogP contribution in [0.25, 0.3) is 11.4 Å². The SMILES string of the molecule is COCCNCc1cnc(-c2ccc(C(C)C)cc2)[nH]1. The van der Waals surface area contributed by atoms with Crippen LogP contribution in [0.15, 0.2) is 30.5 Å². The highest BCUT2D eigenvalue weighted by atomic mass is 16.5. The number of methoxy groups -OCH3 is 1. The third kappa shape index (κ3) is 3.92. The fraction of sp³-hybridized carbons (Fsp3) is 0.438. The molecule has 1 heterocycles. The third-order valence-corrected chi connectivity index (χ3v) is 3.28. The molecule has 0 saturated heterocycles. The van der Waals surface area contributed by atoms with E-state index in [9.17, 15) is 0 Å². The predicted molar refractivity (Wildman–Crippen MR) is 81.7 cm³/mol. The molecule has 0 unspecified atom stereocenters. The van der Waals surface area contributed by atoms with Crippen molar-refractivity contribution in [3.05, 3.63) is 41.7 Å². The van der Waals surface area contributed by atoms with Crippen molar-refractivity contribution in [2.45, 2.75) is 26.3 Å². The van der Waals surface area contributed by atoms with Gasteiger partial charge in [-0.1, -0.05) is 38.1 Å². The number of aromatic amines is 1. The summed E-state index contributed by atoms with van der Waals surface area (Å²) in [6.45, 7) is 6.74. The van der Waals surface area contributed by atoms with Crippen LogP contribution in [0.2, 0.25) is 0 Å². The quantitative estimate of drug-likeness (QED) is 0.763. The van der Waals surface area contributed by atoms with Gasteiger partial charge in [0.25, 0.3) is 0 Å². The number of hydrogen-bond donors (Lipinski definition) is 2. The highest BCUT2D eigenvalue weighted by Gasteiger charge is 2.04. The lowest BCUT2D eigenvalue weighted by molar-refractivity contribution is 0.199. The van der Waals surface area contributed by atoms with Crippen molar-refractivity contribution in [2.24, 2.45) is 0 Å². The van der Waals surface area contributed by atoms with Crippen LogP contribution in [0.1, 0.15) is 31.0 Å². The molecule has 0 amide bonds. The fourth-order valence-electron chi connectivity index (χ4n) is 2.02. The van der Waals surface area contributed by atoms with E-state index in [1.54, 1.807) is 7.11 Å². The van der Waals surface area contributed by atoms with Gasteiger partial charge >= 0.3 is 0 Å². The molecule has 4 heteroatoms. The van der Waals surface area contributed by atoms with E-state index in [0.717, 1.165) is 36.8 Å². The van der Waals surface area contributed by atoms with E-state index in [1.807, 2.05) is 6.20 Å². The lowest BCUT2D eigenvalue weighted by Crippen LogP contribution is -2.18. The Morgan fingerprint density at radius 3 is 2.65 bits per heavy atom. The maximum Gasteiger partial charge on any atom is 0.137 e. The van der Waals surface area contributed by atoms with Crippen LogP contribution in [0.4, 0.5) is 0 Å². The average Bonchev–Trinajstić information content (AvgIpc) is 2.92. The van der Waals surface area contributed by atoms with Crippen molar-refractivity contribution in [3.8, 4) is 11.4 Å². The lowest BCUT2D eigenvalue weighted by Gasteiger charge is -2.05. The van der Waals surface area contributed by atoms with Crippen LogP contribution < -0.4 is 5.32 Å². The van der Waals surface area contributed by atoms with Crippen LogP contribution in [-0.2, 0) is 11.3 Å². The summed E-state index contributed by atoms with van der Waals surface area (Å²) >= 11 is 0. The molecule has 1 aromatic heterocycles. The summed E-state index contributed by atoms with van der Waals surface area (Å²) in [4.78, 5) is 7.77. The van der Waals surface area contributed by atoms with Gasteiger partial charge in [0.1, 0.15) is 5.82 Å². The Bertz CT molecular complexity index is 517. The normalized spacial score (nSPS) is 11.2. The highest BCUT2D eigenvalue weighted by molar-refractivity contribution is 5.55. The monoisotopic (exact) mass is 273 g/mol. The minimum absolute atomic E-state index is 0.557. The molecule has 0 aliphatic rings. The minimum atomic E-state index is 0.557. The van der Waals surface area contributed by atoms with Crippen LogP contribution >= 0.6 is 0 Å². The Kier molecular flexibility index (Phi) is 5.32. The van der Waals surface area contributed by atoms with Gasteiger partial charge in [0.2, 0.25) is 0 Å². The van der Waals surface area contributed by atoms with Crippen LogP contribution in [0.5, 0.6) is 0 Å². The molecule has 0 aliphatic heterocycles. The van der Waals surface area contributed by atoms with Crippen molar-refractivity contribution in [2.75, 3.05) is 20.3 Å². The third-order valence-electron chi connectivity index (χ3n) is 3.28. The fourth-order valence-corrected chi connectivity index (χ4v) is 2.02. The van der Waals surface area contributed by atoms with E-state index in [0.29, 0.717) is 5.92 Å². The molecule has 0 fully saturated rings. The van der Waals surface area contributed by atoms with E-state index in [1.165, 1.54) is 5.56 Å². The standard InChI is InChI=1S/C16H23N3O/c1-12(2)13-4-6-14(7-5-13)16-18-11-15(19-16)10-17-8-9-20-3/h4-7,11-12,17H,8-10H2,1-3H3,(H,18,19). The largest absolute Gasteiger partial charge is 0.383 e. The molecule has 2 aromatic rings. The number of aromatic nitrogens is 2. The zero-order valence-corrected chi connectivity index (χ0v) is 12.4. The second kappa shape index (κ2) is 7.22. The van der Waals surface area contributed by atoms with Gasteiger partial charge in [-0.15, -0.1) is 0 Å². The van der Waals surface area contributed by atoms with E-state index < -0.39 is 0 Å². The van der Waals surface area contributed by atoms with Gasteiger partial charge in [0.05, 0.1) is 6.61 Å². The maximum absolute atomic E-state index is 5.00. The van der Waals surface area contributed by atoms with Crippen molar-refractivity contribution < 1.29 is 4.74 Å². The molecule has 0 saturated carbocycles. The van der Waals surface area contributed by atoms with Gasteiger partial charge in [-0.2, -0.15) is 0 Å². The van der Waals surface area contributed by atoms with Gasteiger partial charge in [-0.25, -0.2) is 4.98 Å². The Labute approximate surface area is 120 Å². The first-order chi connectivity index (χ1) is 9.70. The Hall–Kier alpha value is -1.65. The highest BCUT2D eigenvalue weighted by Crippen LogP contribution is 2.20. The number of nitrogens with one attached hydrogen (secondary N) is 2. The molecule has 4 nitrogen and oxygen atoms in total. The number of hydrogen-bond acceptors (Lipinski definition) is 3. The van der Waals surface area contributed by atoms with Crippen molar-refractivity contribution >= 4 is 0 Å². The van der Waals surface area contributed by atoms with Gasteiger partial charge in [0.15, 0.2) is 0 Å². The second-order valence-electron chi connectivity index (χ2n) is 5.20. The van der Waals surface area contributed by atoms with Gasteiger partial charge in [-0.3, -0.25) is 0 Å². The molecule has 108 valence electrons. The molecule has 2 N–H and O–H groups in total. The average molecular weight is 273 g/mol. The minimum Gasteiger partial charge on any atom is -0.383 e. The van der Waals surface area contributed by atoms with Crippen LogP contribution in [-0.4, -0.2) is 30.2 Å². The first kappa shape index (κ1) is 14.8. The van der Waals surface area contributed by atoms with Crippen LogP contribution in [0.3, 0.4) is 0 Å². The number of benzene rings is 1. The van der Waals surface area contributed by atoms with E-state index in [-0.39, 0.29) is 0 Å². The number of nitrogens with zero attached hydrogens (tertiary/aromatic N) is 1. The zero-order chi connectivity index (χ0) is 14.4. The molecule has 2 rings (SSSR count). The van der Waals surface area contributed by atoms with Crippen molar-refractivity contribution in [3.63, 3.8) is 0 Å². The second-order valence-corrected chi connectivity index (χ2v) is 5.20. The summed E-state index contributed by atoms with van der Waals surface area (Å²) in [7, 11) is 1.71. The van der Waals surface area contributed by atoms with Crippen molar-refractivity contribution in [1.29, 1.82) is 0 Å². The molecule has 0 bridgehead atoms. The lowest BCUT2D eigenvalue weighted by atomic mass is 10.0. The summed E-state index contributed by atoms with van der Waals surface area (Å²) in [5, 5.41) is 3.30. The number of ether oxygens (including phenoxy) is 1. The molecular formula is C16H23N3O. The van der Waals surface area contributed by atoms with E-state index in [4.69, 9.17) is 4.74 Å². The molecule has 0 spiro atoms. The molecule has 0 atom stereocenters. The predicted octanol–water partition coefficient (Wildman–Crippen LogP) is 2.94. The van der Waals surface area contributed by atoms with Crippen LogP contribution in [0, 0.1) is 0 Å². The first-order valence-corrected chi connectivity index (χ1v) is 7.04. The molecular weight excluding hydrogens is 250 g/mol. The van der Waals surface area contributed by atoms with Crippen molar-refractivity contribution in [1.82, 2.24) is 15.3 Å². The Morgan fingerprint density at radius 1 is 1.25 bits per heavy atom. The first-order valence-electron chi connectivity index (χ1n) is 7.04. The van der Waals surface area contributed by atoms with E-state index >= 15 is 0 Å².